The summed E-state index contributed by atoms with van der Waals surface area (Å²) in [6.07, 6.45) is 10.6. The first-order chi connectivity index (χ1) is 29.3. The van der Waals surface area contributed by atoms with E-state index in [2.05, 4.69) is 158 Å². The van der Waals surface area contributed by atoms with Gasteiger partial charge in [0, 0.05) is 58.2 Å². The summed E-state index contributed by atoms with van der Waals surface area (Å²) in [5.41, 5.74) is 13.1. The first-order valence-electron chi connectivity index (χ1n) is 21.0. The van der Waals surface area contributed by atoms with Crippen LogP contribution in [0.1, 0.15) is 91.5 Å². The highest BCUT2D eigenvalue weighted by Crippen LogP contribution is 2.55. The molecular formula is C56H54N4O2. The molecule has 0 saturated carbocycles. The summed E-state index contributed by atoms with van der Waals surface area (Å²) in [5, 5.41) is 20.9. The van der Waals surface area contributed by atoms with Crippen molar-refractivity contribution < 1.29 is 10.2 Å². The molecule has 0 aliphatic heterocycles. The van der Waals surface area contributed by atoms with Gasteiger partial charge < -0.3 is 10.2 Å². The quantitative estimate of drug-likeness (QED) is 0.162. The van der Waals surface area contributed by atoms with E-state index in [0.29, 0.717) is 0 Å². The van der Waals surface area contributed by atoms with Gasteiger partial charge in [-0.3, -0.25) is 0 Å². The predicted octanol–water partition coefficient (Wildman–Crippen LogP) is 12.1. The third-order valence-electron chi connectivity index (χ3n) is 10.7. The number of nitrogens with zero attached hydrogens (tertiary/aromatic N) is 4. The Bertz CT molecular complexity index is 2620. The van der Waals surface area contributed by atoms with E-state index in [4.69, 9.17) is 0 Å². The smallest absolute Gasteiger partial charge is 0.120 e. The van der Waals surface area contributed by atoms with E-state index in [-0.39, 0.29) is 10.8 Å². The zero-order valence-corrected chi connectivity index (χ0v) is 37.4. The van der Waals surface area contributed by atoms with Crippen LogP contribution in [0.3, 0.4) is 0 Å². The lowest BCUT2D eigenvalue weighted by molar-refractivity contribution is 0.143. The Hall–Kier alpha value is -6.70. The number of aromatic nitrogens is 4. The Labute approximate surface area is 367 Å². The minimum atomic E-state index is -1.14. The van der Waals surface area contributed by atoms with Gasteiger partial charge in [0.25, 0.3) is 0 Å². The minimum Gasteiger partial charge on any atom is -0.378 e. The fraction of sp³-hybridized carbons (Fsp3) is 0.250. The van der Waals surface area contributed by atoms with Crippen LogP contribution in [0.2, 0.25) is 0 Å². The molecule has 0 bridgehead atoms. The zero-order valence-electron chi connectivity index (χ0n) is 37.4. The lowest BCUT2D eigenvalue weighted by atomic mass is 9.74. The topological polar surface area (TPSA) is 92.0 Å². The molecule has 6 nitrogen and oxygen atoms in total. The van der Waals surface area contributed by atoms with Crippen molar-refractivity contribution in [3.8, 4) is 90.4 Å². The maximum Gasteiger partial charge on any atom is 0.120 e. The average molecular weight is 815 g/mol. The molecule has 0 amide bonds. The first kappa shape index (κ1) is 43.4. The van der Waals surface area contributed by atoms with Crippen LogP contribution in [0.25, 0.3) is 66.8 Å². The molecule has 6 heteroatoms. The van der Waals surface area contributed by atoms with E-state index < -0.39 is 11.2 Å². The van der Waals surface area contributed by atoms with E-state index in [9.17, 15) is 10.2 Å². The Morgan fingerprint density at radius 3 is 0.823 bits per heavy atom. The summed E-state index contributed by atoms with van der Waals surface area (Å²) in [6.45, 7) is 20.1. The first-order valence-corrected chi connectivity index (χ1v) is 21.0. The van der Waals surface area contributed by atoms with Gasteiger partial charge in [-0.05, 0) is 118 Å². The van der Waals surface area contributed by atoms with Crippen LogP contribution < -0.4 is 0 Å². The summed E-state index contributed by atoms with van der Waals surface area (Å²) in [4.78, 5) is 18.4. The third-order valence-corrected chi connectivity index (χ3v) is 10.7. The van der Waals surface area contributed by atoms with Gasteiger partial charge in [0.05, 0.1) is 0 Å². The predicted molar refractivity (Wildman–Crippen MR) is 254 cm³/mol. The van der Waals surface area contributed by atoms with Gasteiger partial charge in [0.1, 0.15) is 23.9 Å². The number of rotatable bonds is 6. The molecule has 310 valence electrons. The normalized spacial score (nSPS) is 11.9. The highest BCUT2D eigenvalue weighted by atomic mass is 16.3. The van der Waals surface area contributed by atoms with Crippen LogP contribution >= 0.6 is 0 Å². The molecule has 0 atom stereocenters. The molecule has 7 aromatic rings. The van der Waals surface area contributed by atoms with Crippen molar-refractivity contribution in [2.45, 2.75) is 91.3 Å². The van der Waals surface area contributed by atoms with E-state index >= 15 is 0 Å². The van der Waals surface area contributed by atoms with Gasteiger partial charge in [-0.2, -0.15) is 0 Å². The van der Waals surface area contributed by atoms with E-state index in [1.807, 2.05) is 49.1 Å². The monoisotopic (exact) mass is 814 g/mol. The van der Waals surface area contributed by atoms with Crippen LogP contribution in [0, 0.1) is 23.7 Å². The van der Waals surface area contributed by atoms with Gasteiger partial charge >= 0.3 is 0 Å². The third kappa shape index (κ3) is 9.91. The van der Waals surface area contributed by atoms with Gasteiger partial charge in [-0.1, -0.05) is 138 Å². The second kappa shape index (κ2) is 17.0. The van der Waals surface area contributed by atoms with Gasteiger partial charge in [0.15, 0.2) is 0 Å². The Morgan fingerprint density at radius 2 is 0.581 bits per heavy atom. The highest BCUT2D eigenvalue weighted by Gasteiger charge is 2.30. The number of hydrogen-bond acceptors (Lipinski definition) is 6. The SMILES string of the molecule is CC(C)(O)C#Cc1ccc(-c2c(-c3ccc(C#CC(C)(C)O)cc3)c(-c3ccc(C(C)(C)C)cc3)c(-c3cncnc3)c(-c3cncnc3)c2-c2ccc(C(C)(C)C)cc2)cc1. The number of hydrogen-bond donors (Lipinski definition) is 2. The van der Waals surface area contributed by atoms with Crippen LogP contribution in [0.5, 0.6) is 0 Å². The van der Waals surface area contributed by atoms with Crippen molar-refractivity contribution >= 4 is 0 Å². The molecule has 0 aliphatic rings. The van der Waals surface area contributed by atoms with Crippen molar-refractivity contribution in [3.63, 3.8) is 0 Å². The minimum absolute atomic E-state index is 0.0614. The molecule has 2 aromatic heterocycles. The molecule has 62 heavy (non-hydrogen) atoms. The summed E-state index contributed by atoms with van der Waals surface area (Å²) < 4.78 is 0. The molecule has 0 spiro atoms. The Kier molecular flexibility index (Phi) is 11.9. The van der Waals surface area contributed by atoms with E-state index in [1.165, 1.54) is 11.1 Å². The summed E-state index contributed by atoms with van der Waals surface area (Å²) in [7, 11) is 0. The highest BCUT2D eigenvalue weighted by molar-refractivity contribution is 6.14. The Morgan fingerprint density at radius 1 is 0.339 bits per heavy atom. The number of benzene rings is 5. The summed E-state index contributed by atoms with van der Waals surface area (Å²) in [6, 6.07) is 34.3. The van der Waals surface area contributed by atoms with Crippen molar-refractivity contribution in [2.24, 2.45) is 0 Å². The molecule has 0 radical (unpaired) electrons. The van der Waals surface area contributed by atoms with Crippen molar-refractivity contribution in [1.29, 1.82) is 0 Å². The standard InChI is InChI=1S/C56H54N4O2/c1-53(2,3)45-23-19-41(20-24-45)49-47(39-15-11-37(12-16-39)27-29-55(7,8)61)48(40-17-13-38(14-18-40)28-30-56(9,10)62)50(42-21-25-46(26-22-42)54(4,5)6)52(44-33-59-36-60-34-44)51(49)43-31-57-35-58-32-43/h11-26,31-36,61-62H,1-10H3. The fourth-order valence-corrected chi connectivity index (χ4v) is 7.50. The molecular weight excluding hydrogens is 761 g/mol. The summed E-state index contributed by atoms with van der Waals surface area (Å²) >= 11 is 0. The van der Waals surface area contributed by atoms with Gasteiger partial charge in [-0.25, -0.2) is 19.9 Å². The zero-order chi connectivity index (χ0) is 44.5. The maximum absolute atomic E-state index is 10.4. The molecule has 7 rings (SSSR count). The van der Waals surface area contributed by atoms with Crippen LogP contribution in [-0.4, -0.2) is 41.4 Å². The molecule has 5 aromatic carbocycles. The van der Waals surface area contributed by atoms with Crippen molar-refractivity contribution in [3.05, 3.63) is 157 Å². The van der Waals surface area contributed by atoms with E-state index in [0.717, 1.165) is 77.9 Å². The van der Waals surface area contributed by atoms with Gasteiger partial charge in [-0.15, -0.1) is 0 Å². The van der Waals surface area contributed by atoms with Crippen LogP contribution in [0.15, 0.2) is 135 Å². The largest absolute Gasteiger partial charge is 0.378 e. The second-order valence-corrected chi connectivity index (χ2v) is 18.9. The molecule has 2 N–H and O–H groups in total. The van der Waals surface area contributed by atoms with Gasteiger partial charge in [0.2, 0.25) is 0 Å². The fourth-order valence-electron chi connectivity index (χ4n) is 7.50. The molecule has 2 heterocycles. The molecule has 0 aliphatic carbocycles. The lowest BCUT2D eigenvalue weighted by Crippen LogP contribution is -2.14. The van der Waals surface area contributed by atoms with Crippen LogP contribution in [-0.2, 0) is 10.8 Å². The molecule has 0 saturated heterocycles. The van der Waals surface area contributed by atoms with Crippen molar-refractivity contribution in [2.75, 3.05) is 0 Å². The average Bonchev–Trinajstić information content (AvgIpc) is 3.24. The second-order valence-electron chi connectivity index (χ2n) is 18.9. The maximum atomic E-state index is 10.4. The summed E-state index contributed by atoms with van der Waals surface area (Å²) in [5.74, 6) is 12.3. The number of aliphatic hydroxyl groups is 2. The van der Waals surface area contributed by atoms with E-state index in [1.54, 1.807) is 40.3 Å². The molecule has 0 unspecified atom stereocenters. The van der Waals surface area contributed by atoms with Crippen LogP contribution in [0.4, 0.5) is 0 Å². The molecule has 0 fully saturated rings. The van der Waals surface area contributed by atoms with Crippen molar-refractivity contribution in [1.82, 2.24) is 19.9 Å². The Balaban J connectivity index is 1.73. The lowest BCUT2D eigenvalue weighted by Gasteiger charge is -2.29.